The van der Waals surface area contributed by atoms with Gasteiger partial charge in [-0.15, -0.1) is 0 Å². The van der Waals surface area contributed by atoms with E-state index >= 15 is 0 Å². The van der Waals surface area contributed by atoms with Crippen molar-refractivity contribution in [2.45, 2.75) is 26.6 Å². The maximum absolute atomic E-state index is 6.22. The predicted octanol–water partition coefficient (Wildman–Crippen LogP) is 5.41. The molecule has 1 heterocycles. The molecule has 4 rings (SSSR count). The van der Waals surface area contributed by atoms with Gasteiger partial charge in [0, 0.05) is 31.0 Å². The third-order valence-electron chi connectivity index (χ3n) is 4.89. The summed E-state index contributed by atoms with van der Waals surface area (Å²) in [5.41, 5.74) is 4.85. The SMILES string of the molecule is Cc1ccc(COc2ccc3ccccc3c2CNCc2ccncc2)cc1. The van der Waals surface area contributed by atoms with E-state index in [0.29, 0.717) is 6.61 Å². The van der Waals surface area contributed by atoms with E-state index in [-0.39, 0.29) is 0 Å². The first kappa shape index (κ1) is 18.2. The lowest BCUT2D eigenvalue weighted by molar-refractivity contribution is 0.302. The lowest BCUT2D eigenvalue weighted by Crippen LogP contribution is -2.14. The second-order valence-corrected chi connectivity index (χ2v) is 7.00. The van der Waals surface area contributed by atoms with Gasteiger partial charge < -0.3 is 10.1 Å². The number of benzene rings is 3. The molecule has 3 aromatic carbocycles. The molecule has 3 nitrogen and oxygen atoms in total. The van der Waals surface area contributed by atoms with Gasteiger partial charge in [-0.1, -0.05) is 60.2 Å². The van der Waals surface area contributed by atoms with Crippen LogP contribution in [0.3, 0.4) is 0 Å². The highest BCUT2D eigenvalue weighted by atomic mass is 16.5. The summed E-state index contributed by atoms with van der Waals surface area (Å²) in [6.45, 7) is 4.20. The number of hydrogen-bond donors (Lipinski definition) is 1. The van der Waals surface area contributed by atoms with Gasteiger partial charge in [0.25, 0.3) is 0 Å². The van der Waals surface area contributed by atoms with E-state index in [4.69, 9.17) is 4.74 Å². The summed E-state index contributed by atoms with van der Waals surface area (Å²) in [4.78, 5) is 4.08. The monoisotopic (exact) mass is 368 g/mol. The van der Waals surface area contributed by atoms with E-state index in [0.717, 1.165) is 18.8 Å². The van der Waals surface area contributed by atoms with Crippen molar-refractivity contribution in [3.8, 4) is 5.75 Å². The molecule has 0 radical (unpaired) electrons. The molecule has 0 atom stereocenters. The van der Waals surface area contributed by atoms with Gasteiger partial charge >= 0.3 is 0 Å². The topological polar surface area (TPSA) is 34.1 Å². The van der Waals surface area contributed by atoms with Gasteiger partial charge in [0.05, 0.1) is 0 Å². The molecule has 1 aromatic heterocycles. The summed E-state index contributed by atoms with van der Waals surface area (Å²) in [6, 6.07) is 25.2. The molecule has 28 heavy (non-hydrogen) atoms. The first-order valence-electron chi connectivity index (χ1n) is 9.58. The summed E-state index contributed by atoms with van der Waals surface area (Å²) in [5.74, 6) is 0.932. The fraction of sp³-hybridized carbons (Fsp3) is 0.160. The predicted molar refractivity (Wildman–Crippen MR) is 114 cm³/mol. The van der Waals surface area contributed by atoms with E-state index < -0.39 is 0 Å². The van der Waals surface area contributed by atoms with Gasteiger partial charge in [-0.3, -0.25) is 4.98 Å². The summed E-state index contributed by atoms with van der Waals surface area (Å²) < 4.78 is 6.22. The van der Waals surface area contributed by atoms with Gasteiger partial charge in [0.15, 0.2) is 0 Å². The minimum absolute atomic E-state index is 0.565. The average Bonchev–Trinajstić information content (AvgIpc) is 2.75. The van der Waals surface area contributed by atoms with Gasteiger partial charge in [0.2, 0.25) is 0 Å². The van der Waals surface area contributed by atoms with Crippen molar-refractivity contribution in [1.29, 1.82) is 0 Å². The van der Waals surface area contributed by atoms with E-state index in [1.807, 2.05) is 24.5 Å². The maximum atomic E-state index is 6.22. The number of nitrogens with zero attached hydrogens (tertiary/aromatic N) is 1. The zero-order chi connectivity index (χ0) is 19.2. The molecular weight excluding hydrogens is 344 g/mol. The first-order chi connectivity index (χ1) is 13.8. The number of hydrogen-bond acceptors (Lipinski definition) is 3. The van der Waals surface area contributed by atoms with Crippen LogP contribution in [0.25, 0.3) is 10.8 Å². The van der Waals surface area contributed by atoms with E-state index in [2.05, 4.69) is 77.9 Å². The van der Waals surface area contributed by atoms with Crippen LogP contribution in [-0.2, 0) is 19.7 Å². The van der Waals surface area contributed by atoms with Crippen molar-refractivity contribution in [3.05, 3.63) is 107 Å². The number of fused-ring (bicyclic) bond motifs is 1. The number of aryl methyl sites for hydroxylation is 1. The molecule has 0 spiro atoms. The molecule has 0 amide bonds. The van der Waals surface area contributed by atoms with Crippen LogP contribution in [0.2, 0.25) is 0 Å². The zero-order valence-electron chi connectivity index (χ0n) is 16.1. The van der Waals surface area contributed by atoms with Crippen molar-refractivity contribution in [3.63, 3.8) is 0 Å². The first-order valence-corrected chi connectivity index (χ1v) is 9.58. The number of pyridine rings is 1. The van der Waals surface area contributed by atoms with Gasteiger partial charge in [0.1, 0.15) is 12.4 Å². The molecule has 0 saturated carbocycles. The van der Waals surface area contributed by atoms with Crippen LogP contribution in [0.1, 0.15) is 22.3 Å². The standard InChI is InChI=1S/C25H24N2O/c1-19-6-8-21(9-7-19)18-28-25-11-10-22-4-2-3-5-23(22)24(25)17-27-16-20-12-14-26-15-13-20/h2-15,27H,16-18H2,1H3. The Balaban J connectivity index is 1.54. The van der Waals surface area contributed by atoms with Crippen molar-refractivity contribution in [2.75, 3.05) is 0 Å². The van der Waals surface area contributed by atoms with Crippen LogP contribution in [-0.4, -0.2) is 4.98 Å². The lowest BCUT2D eigenvalue weighted by atomic mass is 10.0. The molecule has 0 aliphatic carbocycles. The minimum Gasteiger partial charge on any atom is -0.489 e. The average molecular weight is 368 g/mol. The Morgan fingerprint density at radius 3 is 2.39 bits per heavy atom. The number of aromatic nitrogens is 1. The highest BCUT2D eigenvalue weighted by Gasteiger charge is 2.09. The lowest BCUT2D eigenvalue weighted by Gasteiger charge is -2.15. The van der Waals surface area contributed by atoms with E-state index in [9.17, 15) is 0 Å². The zero-order valence-corrected chi connectivity index (χ0v) is 16.1. The minimum atomic E-state index is 0.565. The van der Waals surface area contributed by atoms with E-state index in [1.54, 1.807) is 0 Å². The quantitative estimate of drug-likeness (QED) is 0.473. The highest BCUT2D eigenvalue weighted by Crippen LogP contribution is 2.29. The molecule has 0 fully saturated rings. The van der Waals surface area contributed by atoms with Gasteiger partial charge in [-0.25, -0.2) is 0 Å². The summed E-state index contributed by atoms with van der Waals surface area (Å²) in [6.07, 6.45) is 3.65. The van der Waals surface area contributed by atoms with Crippen LogP contribution >= 0.6 is 0 Å². The molecule has 4 aromatic rings. The fourth-order valence-electron chi connectivity index (χ4n) is 3.31. The molecular formula is C25H24N2O. The Bertz CT molecular complexity index is 1040. The maximum Gasteiger partial charge on any atom is 0.124 e. The largest absolute Gasteiger partial charge is 0.489 e. The molecule has 0 bridgehead atoms. The molecule has 0 aliphatic rings. The van der Waals surface area contributed by atoms with Crippen LogP contribution < -0.4 is 10.1 Å². The third-order valence-corrected chi connectivity index (χ3v) is 4.89. The molecule has 0 saturated heterocycles. The molecule has 3 heteroatoms. The second kappa shape index (κ2) is 8.68. The van der Waals surface area contributed by atoms with Crippen LogP contribution in [0.5, 0.6) is 5.75 Å². The Hall–Kier alpha value is -3.17. The molecule has 140 valence electrons. The van der Waals surface area contributed by atoms with Crippen molar-refractivity contribution < 1.29 is 4.74 Å². The van der Waals surface area contributed by atoms with Crippen molar-refractivity contribution in [1.82, 2.24) is 10.3 Å². The van der Waals surface area contributed by atoms with Crippen LogP contribution in [0.4, 0.5) is 0 Å². The molecule has 0 aliphatic heterocycles. The smallest absolute Gasteiger partial charge is 0.124 e. The third kappa shape index (κ3) is 4.38. The Morgan fingerprint density at radius 2 is 1.57 bits per heavy atom. The Morgan fingerprint density at radius 1 is 0.786 bits per heavy atom. The molecule has 0 unspecified atom stereocenters. The van der Waals surface area contributed by atoms with Crippen molar-refractivity contribution in [2.24, 2.45) is 0 Å². The Labute approximate surface area is 166 Å². The number of ether oxygens (including phenoxy) is 1. The second-order valence-electron chi connectivity index (χ2n) is 7.00. The summed E-state index contributed by atoms with van der Waals surface area (Å²) >= 11 is 0. The molecule has 1 N–H and O–H groups in total. The van der Waals surface area contributed by atoms with Crippen LogP contribution in [0.15, 0.2) is 85.2 Å². The number of nitrogens with one attached hydrogen (secondary N) is 1. The summed E-state index contributed by atoms with van der Waals surface area (Å²) in [5, 5.41) is 6.00. The summed E-state index contributed by atoms with van der Waals surface area (Å²) in [7, 11) is 0. The van der Waals surface area contributed by atoms with Crippen molar-refractivity contribution >= 4 is 10.8 Å². The normalized spacial score (nSPS) is 10.9. The fourth-order valence-corrected chi connectivity index (χ4v) is 3.31. The van der Waals surface area contributed by atoms with Gasteiger partial charge in [-0.05, 0) is 47.0 Å². The van der Waals surface area contributed by atoms with Crippen LogP contribution in [0, 0.1) is 6.92 Å². The number of rotatable bonds is 7. The Kier molecular flexibility index (Phi) is 5.64. The van der Waals surface area contributed by atoms with E-state index in [1.165, 1.54) is 33.0 Å². The highest BCUT2D eigenvalue weighted by molar-refractivity contribution is 5.87. The van der Waals surface area contributed by atoms with Gasteiger partial charge in [-0.2, -0.15) is 0 Å².